The second kappa shape index (κ2) is 14.2. The van der Waals surface area contributed by atoms with Gasteiger partial charge in [-0.25, -0.2) is 0 Å². The van der Waals surface area contributed by atoms with Crippen molar-refractivity contribution in [1.82, 2.24) is 0 Å². The van der Waals surface area contributed by atoms with E-state index in [1.807, 2.05) is 13.8 Å². The van der Waals surface area contributed by atoms with Gasteiger partial charge in [-0.15, -0.1) is 6.58 Å². The lowest BCUT2D eigenvalue weighted by atomic mass is 9.93. The van der Waals surface area contributed by atoms with Crippen LogP contribution in [0.5, 0.6) is 0 Å². The molecule has 0 nitrogen and oxygen atoms in total. The van der Waals surface area contributed by atoms with Crippen molar-refractivity contribution >= 4 is 0 Å². The molecule has 0 N–H and O–H groups in total. The minimum absolute atomic E-state index is 0.838. The minimum atomic E-state index is 0.838. The zero-order valence-electron chi connectivity index (χ0n) is 14.8. The van der Waals surface area contributed by atoms with Gasteiger partial charge in [0.05, 0.1) is 0 Å². The summed E-state index contributed by atoms with van der Waals surface area (Å²) in [6, 6.07) is 0. The Hall–Kier alpha value is -0.260. The molecule has 1 aliphatic carbocycles. The van der Waals surface area contributed by atoms with Crippen LogP contribution in [-0.2, 0) is 0 Å². The Morgan fingerprint density at radius 3 is 2.00 bits per heavy atom. The smallest absolute Gasteiger partial charge is 0.0234 e. The van der Waals surface area contributed by atoms with Crippen molar-refractivity contribution in [2.75, 3.05) is 0 Å². The summed E-state index contributed by atoms with van der Waals surface area (Å²) >= 11 is 0. The van der Waals surface area contributed by atoms with Crippen molar-refractivity contribution in [1.29, 1.82) is 0 Å². The van der Waals surface area contributed by atoms with Gasteiger partial charge in [0, 0.05) is 0 Å². The van der Waals surface area contributed by atoms with Gasteiger partial charge in [0.15, 0.2) is 0 Å². The second-order valence-electron chi connectivity index (χ2n) is 6.28. The fraction of sp³-hybridized carbons (Fsp3) is 0.895. The van der Waals surface area contributed by atoms with Crippen LogP contribution in [0.15, 0.2) is 12.7 Å². The number of hydrogen-bond donors (Lipinski definition) is 0. The lowest BCUT2D eigenvalue weighted by Gasteiger charge is -2.13. The molecule has 0 amide bonds. The molecule has 0 aromatic rings. The predicted molar refractivity (Wildman–Crippen MR) is 91.6 cm³/mol. The molecule has 0 heterocycles. The van der Waals surface area contributed by atoms with Crippen LogP contribution >= 0.6 is 0 Å². The molecule has 0 saturated heterocycles. The highest BCUT2D eigenvalue weighted by molar-refractivity contribution is 4.85. The van der Waals surface area contributed by atoms with E-state index in [2.05, 4.69) is 47.3 Å². The average molecular weight is 269 g/mol. The van der Waals surface area contributed by atoms with Crippen LogP contribution in [-0.4, -0.2) is 0 Å². The normalized spacial score (nSPS) is 22.9. The van der Waals surface area contributed by atoms with E-state index in [4.69, 9.17) is 0 Å². The van der Waals surface area contributed by atoms with Crippen LogP contribution < -0.4 is 0 Å². The van der Waals surface area contributed by atoms with Crippen molar-refractivity contribution < 1.29 is 0 Å². The summed E-state index contributed by atoms with van der Waals surface area (Å²) in [4.78, 5) is 0. The van der Waals surface area contributed by atoms with Gasteiger partial charge in [-0.2, -0.15) is 0 Å². The van der Waals surface area contributed by atoms with Gasteiger partial charge in [0.25, 0.3) is 0 Å². The molecule has 0 radical (unpaired) electrons. The first kappa shape index (κ1) is 21.0. The highest BCUT2D eigenvalue weighted by Gasteiger charge is 2.17. The van der Waals surface area contributed by atoms with Crippen LogP contribution in [0.4, 0.5) is 0 Å². The molecule has 19 heavy (non-hydrogen) atoms. The number of hydrogen-bond acceptors (Lipinski definition) is 0. The van der Waals surface area contributed by atoms with E-state index >= 15 is 0 Å². The first-order valence-corrected chi connectivity index (χ1v) is 8.63. The Morgan fingerprint density at radius 1 is 1.16 bits per heavy atom. The molecular weight excluding hydrogens is 228 g/mol. The summed E-state index contributed by atoms with van der Waals surface area (Å²) in [6.07, 6.45) is 10.4. The molecule has 0 bridgehead atoms. The van der Waals surface area contributed by atoms with E-state index in [0.29, 0.717) is 0 Å². The number of unbranched alkanes of at least 4 members (excludes halogenated alkanes) is 1. The second-order valence-corrected chi connectivity index (χ2v) is 6.28. The molecule has 1 unspecified atom stereocenters. The largest absolute Gasteiger partial charge is 0.103 e. The van der Waals surface area contributed by atoms with E-state index < -0.39 is 0 Å². The first-order chi connectivity index (χ1) is 9.01. The third kappa shape index (κ3) is 12.5. The minimum Gasteiger partial charge on any atom is -0.103 e. The molecule has 0 spiro atoms. The molecule has 116 valence electrons. The zero-order valence-corrected chi connectivity index (χ0v) is 14.8. The molecule has 0 aromatic heterocycles. The monoisotopic (exact) mass is 268 g/mol. The lowest BCUT2D eigenvalue weighted by Crippen LogP contribution is -2.02. The topological polar surface area (TPSA) is 0 Å². The summed E-state index contributed by atoms with van der Waals surface area (Å²) in [7, 11) is 0. The van der Waals surface area contributed by atoms with Crippen LogP contribution in [0.2, 0.25) is 0 Å². The molecule has 1 saturated carbocycles. The first-order valence-electron chi connectivity index (χ1n) is 8.63. The van der Waals surface area contributed by atoms with Crippen LogP contribution in [0.25, 0.3) is 0 Å². The summed E-state index contributed by atoms with van der Waals surface area (Å²) in [5.41, 5.74) is 0. The van der Waals surface area contributed by atoms with Crippen LogP contribution in [0, 0.1) is 23.7 Å². The van der Waals surface area contributed by atoms with Crippen molar-refractivity contribution in [2.45, 2.75) is 87.0 Å². The van der Waals surface area contributed by atoms with Gasteiger partial charge >= 0.3 is 0 Å². The Morgan fingerprint density at radius 2 is 1.74 bits per heavy atom. The lowest BCUT2D eigenvalue weighted by molar-refractivity contribution is 0.381. The molecule has 1 fully saturated rings. The number of rotatable bonds is 5. The summed E-state index contributed by atoms with van der Waals surface area (Å²) in [6.45, 7) is 19.3. The quantitative estimate of drug-likeness (QED) is 0.466. The number of allylic oxidation sites excluding steroid dienone is 1. The summed E-state index contributed by atoms with van der Waals surface area (Å²) in [5.74, 6) is 3.59. The third-order valence-electron chi connectivity index (χ3n) is 4.22. The molecule has 1 rings (SSSR count). The Balaban J connectivity index is 0. The standard InChI is InChI=1S/C9H20.C8H14.C2H6/c1-5-6-7-9(4)8(2)3;1-3-8-5-4-7(2)6-8;1-2/h8-9H,5-7H2,1-4H3;3,7-8H,1,4-6H2,2H3;1-2H3/t9-;7-,8?;/m00./s1. The van der Waals surface area contributed by atoms with E-state index in [-0.39, 0.29) is 0 Å². The van der Waals surface area contributed by atoms with E-state index in [1.165, 1.54) is 38.5 Å². The highest BCUT2D eigenvalue weighted by atomic mass is 14.2. The summed E-state index contributed by atoms with van der Waals surface area (Å²) < 4.78 is 0. The molecular formula is C19H40. The Bertz CT molecular complexity index is 180. The highest BCUT2D eigenvalue weighted by Crippen LogP contribution is 2.30. The van der Waals surface area contributed by atoms with Gasteiger partial charge in [-0.1, -0.05) is 80.2 Å². The average Bonchev–Trinajstić information content (AvgIpc) is 2.84. The maximum Gasteiger partial charge on any atom is -0.0234 e. The van der Waals surface area contributed by atoms with E-state index in [1.54, 1.807) is 0 Å². The van der Waals surface area contributed by atoms with Crippen LogP contribution in [0.1, 0.15) is 87.0 Å². The Labute approximate surface area is 124 Å². The molecule has 0 heteroatoms. The maximum absolute atomic E-state index is 3.78. The van der Waals surface area contributed by atoms with Gasteiger partial charge in [0.1, 0.15) is 0 Å². The molecule has 1 aliphatic rings. The Kier molecular flexibility index (Phi) is 15.7. The van der Waals surface area contributed by atoms with Gasteiger partial charge < -0.3 is 0 Å². The zero-order chi connectivity index (χ0) is 15.3. The van der Waals surface area contributed by atoms with Gasteiger partial charge in [0.2, 0.25) is 0 Å². The van der Waals surface area contributed by atoms with E-state index in [9.17, 15) is 0 Å². The van der Waals surface area contributed by atoms with Gasteiger partial charge in [-0.05, 0) is 36.5 Å². The van der Waals surface area contributed by atoms with Crippen LogP contribution in [0.3, 0.4) is 0 Å². The maximum atomic E-state index is 3.78. The summed E-state index contributed by atoms with van der Waals surface area (Å²) in [5, 5.41) is 0. The van der Waals surface area contributed by atoms with Crippen molar-refractivity contribution in [2.24, 2.45) is 23.7 Å². The fourth-order valence-corrected chi connectivity index (χ4v) is 2.32. The molecule has 0 aromatic carbocycles. The van der Waals surface area contributed by atoms with Crippen molar-refractivity contribution in [3.05, 3.63) is 12.7 Å². The molecule has 0 aliphatic heterocycles. The van der Waals surface area contributed by atoms with Crippen molar-refractivity contribution in [3.63, 3.8) is 0 Å². The van der Waals surface area contributed by atoms with E-state index in [0.717, 1.165) is 23.7 Å². The van der Waals surface area contributed by atoms with Gasteiger partial charge in [-0.3, -0.25) is 0 Å². The third-order valence-corrected chi connectivity index (χ3v) is 4.22. The fourth-order valence-electron chi connectivity index (χ4n) is 2.32. The molecule has 3 atom stereocenters. The SMILES string of the molecule is C=CC1CC[C@H](C)C1.CC.CCCC[C@H](C)C(C)C. The van der Waals surface area contributed by atoms with Crippen molar-refractivity contribution in [3.8, 4) is 0 Å². The predicted octanol–water partition coefficient (Wildman–Crippen LogP) is 7.10.